The maximum Gasteiger partial charge on any atom is 0.362 e. The van der Waals surface area contributed by atoms with Crippen molar-refractivity contribution in [3.63, 3.8) is 0 Å². The Morgan fingerprint density at radius 2 is 1.62 bits per heavy atom. The number of hydrogen-bond donors (Lipinski definition) is 1. The number of hydrogen-bond acceptors (Lipinski definition) is 6. The summed E-state index contributed by atoms with van der Waals surface area (Å²) in [6, 6.07) is 10.7. The van der Waals surface area contributed by atoms with Crippen molar-refractivity contribution < 1.29 is 23.9 Å². The average molecular weight is 328 g/mol. The summed E-state index contributed by atoms with van der Waals surface area (Å²) in [5.74, 6) is -1.21. The highest BCUT2D eigenvalue weighted by molar-refractivity contribution is 5.92. The number of amides is 1. The standard InChI is InChI=1S/C17H16N2O5/c1-3-23-16(21)14-5-4-6-15(19-14)17(22)24-13-9-7-12(8-10-13)18-11(2)20/h4-10H,3H2,1-2H3,(H,18,20). The van der Waals surface area contributed by atoms with Crippen molar-refractivity contribution in [1.82, 2.24) is 4.98 Å². The summed E-state index contributed by atoms with van der Waals surface area (Å²) in [5.41, 5.74) is 0.614. The lowest BCUT2D eigenvalue weighted by Gasteiger charge is -2.07. The van der Waals surface area contributed by atoms with Crippen LogP contribution in [0, 0.1) is 0 Å². The molecule has 2 aromatic rings. The average Bonchev–Trinajstić information content (AvgIpc) is 2.56. The smallest absolute Gasteiger partial charge is 0.362 e. The maximum atomic E-state index is 12.1. The van der Waals surface area contributed by atoms with Gasteiger partial charge in [0.05, 0.1) is 6.61 Å². The number of benzene rings is 1. The number of carbonyl (C=O) groups excluding carboxylic acids is 3. The first-order valence-corrected chi connectivity index (χ1v) is 7.23. The molecule has 2 rings (SSSR count). The minimum Gasteiger partial charge on any atom is -0.461 e. The highest BCUT2D eigenvalue weighted by Gasteiger charge is 2.14. The van der Waals surface area contributed by atoms with E-state index in [-0.39, 0.29) is 29.7 Å². The second kappa shape index (κ2) is 7.87. The van der Waals surface area contributed by atoms with Gasteiger partial charge in [-0.1, -0.05) is 6.07 Å². The third-order valence-electron chi connectivity index (χ3n) is 2.83. The van der Waals surface area contributed by atoms with Crippen molar-refractivity contribution >= 4 is 23.5 Å². The number of nitrogens with zero attached hydrogens (tertiary/aromatic N) is 1. The molecule has 0 unspecified atom stereocenters. The van der Waals surface area contributed by atoms with Crippen LogP contribution in [-0.2, 0) is 9.53 Å². The topological polar surface area (TPSA) is 94.6 Å². The molecule has 0 bridgehead atoms. The van der Waals surface area contributed by atoms with Crippen LogP contribution in [0.15, 0.2) is 42.5 Å². The minimum atomic E-state index is -0.701. The normalized spacial score (nSPS) is 9.92. The van der Waals surface area contributed by atoms with Crippen molar-refractivity contribution in [2.24, 2.45) is 0 Å². The van der Waals surface area contributed by atoms with E-state index in [1.165, 1.54) is 25.1 Å². The molecule has 0 saturated heterocycles. The third-order valence-corrected chi connectivity index (χ3v) is 2.83. The molecule has 1 amide bonds. The molecule has 0 fully saturated rings. The van der Waals surface area contributed by atoms with E-state index in [0.717, 1.165) is 0 Å². The van der Waals surface area contributed by atoms with E-state index < -0.39 is 11.9 Å². The number of aromatic nitrogens is 1. The molecule has 0 aliphatic rings. The molecule has 7 nitrogen and oxygen atoms in total. The van der Waals surface area contributed by atoms with Gasteiger partial charge in [-0.15, -0.1) is 0 Å². The molecule has 0 aliphatic heterocycles. The number of rotatable bonds is 5. The lowest BCUT2D eigenvalue weighted by atomic mass is 10.3. The summed E-state index contributed by atoms with van der Waals surface area (Å²) in [4.78, 5) is 38.6. The van der Waals surface area contributed by atoms with Crippen LogP contribution >= 0.6 is 0 Å². The van der Waals surface area contributed by atoms with Gasteiger partial charge in [-0.3, -0.25) is 4.79 Å². The van der Waals surface area contributed by atoms with Gasteiger partial charge in [-0.05, 0) is 43.3 Å². The summed E-state index contributed by atoms with van der Waals surface area (Å²) in [6.07, 6.45) is 0. The summed E-state index contributed by atoms with van der Waals surface area (Å²) in [6.45, 7) is 3.30. The molecular weight excluding hydrogens is 312 g/mol. The molecule has 0 spiro atoms. The molecule has 7 heteroatoms. The molecule has 0 saturated carbocycles. The lowest BCUT2D eigenvalue weighted by molar-refractivity contribution is -0.114. The van der Waals surface area contributed by atoms with Crippen LogP contribution in [0.1, 0.15) is 34.8 Å². The van der Waals surface area contributed by atoms with E-state index in [4.69, 9.17) is 9.47 Å². The van der Waals surface area contributed by atoms with Crippen molar-refractivity contribution in [2.45, 2.75) is 13.8 Å². The molecule has 1 heterocycles. The van der Waals surface area contributed by atoms with Crippen molar-refractivity contribution in [3.05, 3.63) is 53.9 Å². The Morgan fingerprint density at radius 1 is 1.00 bits per heavy atom. The molecule has 1 aromatic heterocycles. The molecule has 24 heavy (non-hydrogen) atoms. The minimum absolute atomic E-state index is 0.00788. The fraction of sp³-hybridized carbons (Fsp3) is 0.176. The Bertz CT molecular complexity index is 756. The predicted molar refractivity (Wildman–Crippen MR) is 85.9 cm³/mol. The number of nitrogens with one attached hydrogen (secondary N) is 1. The highest BCUT2D eigenvalue weighted by atomic mass is 16.5. The molecule has 0 atom stereocenters. The van der Waals surface area contributed by atoms with E-state index in [0.29, 0.717) is 5.69 Å². The van der Waals surface area contributed by atoms with Gasteiger partial charge in [-0.25, -0.2) is 14.6 Å². The zero-order valence-corrected chi connectivity index (χ0v) is 13.2. The van der Waals surface area contributed by atoms with Crippen LogP contribution in [0.3, 0.4) is 0 Å². The third kappa shape index (κ3) is 4.64. The van der Waals surface area contributed by atoms with E-state index in [1.807, 2.05) is 0 Å². The summed E-state index contributed by atoms with van der Waals surface area (Å²) in [5, 5.41) is 2.61. The van der Waals surface area contributed by atoms with Gasteiger partial charge in [0, 0.05) is 12.6 Å². The Balaban J connectivity index is 2.08. The molecule has 124 valence electrons. The van der Waals surface area contributed by atoms with E-state index >= 15 is 0 Å². The first-order chi connectivity index (χ1) is 11.5. The van der Waals surface area contributed by atoms with Crippen molar-refractivity contribution in [2.75, 3.05) is 11.9 Å². The second-order valence-corrected chi connectivity index (χ2v) is 4.72. The molecule has 1 aromatic carbocycles. The maximum absolute atomic E-state index is 12.1. The van der Waals surface area contributed by atoms with Gasteiger partial charge in [-0.2, -0.15) is 0 Å². The van der Waals surface area contributed by atoms with Gasteiger partial charge in [0.1, 0.15) is 17.1 Å². The second-order valence-electron chi connectivity index (χ2n) is 4.72. The fourth-order valence-electron chi connectivity index (χ4n) is 1.84. The first-order valence-electron chi connectivity index (χ1n) is 7.23. The summed E-state index contributed by atoms with van der Waals surface area (Å²) in [7, 11) is 0. The van der Waals surface area contributed by atoms with Crippen molar-refractivity contribution in [3.8, 4) is 5.75 Å². The van der Waals surface area contributed by atoms with Crippen LogP contribution in [0.25, 0.3) is 0 Å². The van der Waals surface area contributed by atoms with Crippen LogP contribution in [-0.4, -0.2) is 29.4 Å². The monoisotopic (exact) mass is 328 g/mol. The zero-order chi connectivity index (χ0) is 17.5. The number of ether oxygens (including phenoxy) is 2. The first kappa shape index (κ1) is 17.1. The van der Waals surface area contributed by atoms with Crippen LogP contribution in [0.2, 0.25) is 0 Å². The summed E-state index contributed by atoms with van der Waals surface area (Å²) >= 11 is 0. The highest BCUT2D eigenvalue weighted by Crippen LogP contribution is 2.17. The number of esters is 2. The molecule has 0 radical (unpaired) electrons. The molecular formula is C17H16N2O5. The van der Waals surface area contributed by atoms with Crippen LogP contribution in [0.4, 0.5) is 5.69 Å². The number of pyridine rings is 1. The van der Waals surface area contributed by atoms with Crippen molar-refractivity contribution in [1.29, 1.82) is 0 Å². The summed E-state index contributed by atoms with van der Waals surface area (Å²) < 4.78 is 10.0. The number of anilines is 1. The molecule has 0 aliphatic carbocycles. The number of carbonyl (C=O) groups is 3. The Morgan fingerprint density at radius 3 is 2.21 bits per heavy atom. The SMILES string of the molecule is CCOC(=O)c1cccc(C(=O)Oc2ccc(NC(C)=O)cc2)n1. The van der Waals surface area contributed by atoms with Gasteiger partial charge in [0.15, 0.2) is 0 Å². The molecule has 1 N–H and O–H groups in total. The van der Waals surface area contributed by atoms with Gasteiger partial charge in [0.2, 0.25) is 5.91 Å². The quantitative estimate of drug-likeness (QED) is 0.669. The van der Waals surface area contributed by atoms with E-state index in [2.05, 4.69) is 10.3 Å². The van der Waals surface area contributed by atoms with Crippen LogP contribution < -0.4 is 10.1 Å². The largest absolute Gasteiger partial charge is 0.461 e. The zero-order valence-electron chi connectivity index (χ0n) is 13.2. The Labute approximate surface area is 138 Å². The Hall–Kier alpha value is -3.22. The van der Waals surface area contributed by atoms with Gasteiger partial charge in [0.25, 0.3) is 0 Å². The predicted octanol–water partition coefficient (Wildman–Crippen LogP) is 2.44. The van der Waals surface area contributed by atoms with Gasteiger partial charge >= 0.3 is 11.9 Å². The fourth-order valence-corrected chi connectivity index (χ4v) is 1.84. The van der Waals surface area contributed by atoms with E-state index in [9.17, 15) is 14.4 Å². The van der Waals surface area contributed by atoms with Gasteiger partial charge < -0.3 is 14.8 Å². The van der Waals surface area contributed by atoms with Crippen LogP contribution in [0.5, 0.6) is 5.75 Å². The Kier molecular flexibility index (Phi) is 5.62. The lowest BCUT2D eigenvalue weighted by Crippen LogP contribution is -2.14. The van der Waals surface area contributed by atoms with E-state index in [1.54, 1.807) is 31.2 Å².